The number of amides is 1. The first kappa shape index (κ1) is 15.4. The van der Waals surface area contributed by atoms with Crippen molar-refractivity contribution in [2.24, 2.45) is 5.73 Å². The number of hydrogen-bond donors (Lipinski definition) is 2. The van der Waals surface area contributed by atoms with Crippen molar-refractivity contribution < 1.29 is 4.79 Å². The highest BCUT2D eigenvalue weighted by Crippen LogP contribution is 2.17. The first-order valence-corrected chi connectivity index (χ1v) is 7.32. The molecule has 0 unspecified atom stereocenters. The molecule has 3 N–H and O–H groups in total. The van der Waals surface area contributed by atoms with Crippen molar-refractivity contribution in [3.63, 3.8) is 0 Å². The van der Waals surface area contributed by atoms with E-state index in [0.717, 1.165) is 19.4 Å². The third-order valence-corrected chi connectivity index (χ3v) is 3.54. The fourth-order valence-corrected chi connectivity index (χ4v) is 2.58. The summed E-state index contributed by atoms with van der Waals surface area (Å²) in [4.78, 5) is 14.3. The normalized spacial score (nSPS) is 17.4. The van der Waals surface area contributed by atoms with E-state index >= 15 is 0 Å². The number of carbonyl (C=O) groups excluding carboxylic acids is 1. The molecular formula is C13H25N3OS. The van der Waals surface area contributed by atoms with Crippen molar-refractivity contribution in [2.45, 2.75) is 51.5 Å². The van der Waals surface area contributed by atoms with Gasteiger partial charge < -0.3 is 11.1 Å². The minimum atomic E-state index is 0.0972. The molecule has 0 aromatic carbocycles. The molecule has 4 nitrogen and oxygen atoms in total. The van der Waals surface area contributed by atoms with Gasteiger partial charge in [0.25, 0.3) is 0 Å². The fourth-order valence-electron chi connectivity index (χ4n) is 2.40. The largest absolute Gasteiger partial charge is 0.392 e. The Bertz CT molecular complexity index is 275. The highest BCUT2D eigenvalue weighted by Gasteiger charge is 2.16. The van der Waals surface area contributed by atoms with Crippen LogP contribution < -0.4 is 11.1 Å². The Balaban J connectivity index is 2.32. The predicted molar refractivity (Wildman–Crippen MR) is 78.5 cm³/mol. The monoisotopic (exact) mass is 271 g/mol. The van der Waals surface area contributed by atoms with Crippen LogP contribution in [0.2, 0.25) is 0 Å². The first-order chi connectivity index (χ1) is 8.61. The van der Waals surface area contributed by atoms with E-state index < -0.39 is 0 Å². The number of hydrogen-bond acceptors (Lipinski definition) is 3. The molecule has 0 spiro atoms. The van der Waals surface area contributed by atoms with Crippen molar-refractivity contribution >= 4 is 23.1 Å². The van der Waals surface area contributed by atoms with Gasteiger partial charge in [-0.25, -0.2) is 0 Å². The van der Waals surface area contributed by atoms with Crippen molar-refractivity contribution in [3.05, 3.63) is 0 Å². The second kappa shape index (κ2) is 8.43. The number of likely N-dealkylation sites (N-methyl/N-ethyl adjacent to an activating group) is 1. The SMILES string of the molecule is CCN(CC(=O)NC1CCCCCC1)CC(N)=S. The van der Waals surface area contributed by atoms with Crippen LogP contribution in [0.4, 0.5) is 0 Å². The van der Waals surface area contributed by atoms with Crippen molar-refractivity contribution in [3.8, 4) is 0 Å². The first-order valence-electron chi connectivity index (χ1n) is 6.91. The summed E-state index contributed by atoms with van der Waals surface area (Å²) in [7, 11) is 0. The zero-order chi connectivity index (χ0) is 13.4. The average molecular weight is 271 g/mol. The standard InChI is InChI=1S/C13H25N3OS/c1-2-16(9-12(14)18)10-13(17)15-11-7-5-3-4-6-8-11/h11H,2-10H2,1H3,(H2,14,18)(H,15,17). The van der Waals surface area contributed by atoms with Gasteiger partial charge in [0.05, 0.1) is 11.5 Å². The van der Waals surface area contributed by atoms with Gasteiger partial charge in [-0.3, -0.25) is 9.69 Å². The molecule has 5 heteroatoms. The van der Waals surface area contributed by atoms with Crippen LogP contribution >= 0.6 is 12.2 Å². The summed E-state index contributed by atoms with van der Waals surface area (Å²) in [5.41, 5.74) is 5.51. The number of rotatable bonds is 6. The molecule has 0 atom stereocenters. The Morgan fingerprint density at radius 3 is 2.39 bits per heavy atom. The predicted octanol–water partition coefficient (Wildman–Crippen LogP) is 1.43. The van der Waals surface area contributed by atoms with Gasteiger partial charge in [-0.1, -0.05) is 44.8 Å². The van der Waals surface area contributed by atoms with Crippen LogP contribution in [0, 0.1) is 0 Å². The lowest BCUT2D eigenvalue weighted by atomic mass is 10.1. The van der Waals surface area contributed by atoms with Crippen LogP contribution in [0.5, 0.6) is 0 Å². The van der Waals surface area contributed by atoms with Crippen LogP contribution in [0.25, 0.3) is 0 Å². The summed E-state index contributed by atoms with van der Waals surface area (Å²) in [5.74, 6) is 0.0972. The molecule has 0 radical (unpaired) electrons. The molecule has 104 valence electrons. The van der Waals surface area contributed by atoms with Gasteiger partial charge >= 0.3 is 0 Å². The van der Waals surface area contributed by atoms with Crippen LogP contribution in [0.15, 0.2) is 0 Å². The maximum absolute atomic E-state index is 11.9. The lowest BCUT2D eigenvalue weighted by molar-refractivity contribution is -0.122. The molecule has 1 saturated carbocycles. The highest BCUT2D eigenvalue weighted by molar-refractivity contribution is 7.80. The lowest BCUT2D eigenvalue weighted by Gasteiger charge is -2.22. The van der Waals surface area contributed by atoms with E-state index in [9.17, 15) is 4.79 Å². The van der Waals surface area contributed by atoms with Crippen LogP contribution in [0.3, 0.4) is 0 Å². The topological polar surface area (TPSA) is 58.4 Å². The second-order valence-corrected chi connectivity index (χ2v) is 5.55. The number of carbonyl (C=O) groups is 1. The van der Waals surface area contributed by atoms with Gasteiger partial charge in [0.1, 0.15) is 0 Å². The molecular weight excluding hydrogens is 246 g/mol. The Hall–Kier alpha value is -0.680. The zero-order valence-corrected chi connectivity index (χ0v) is 12.1. The number of nitrogens with two attached hydrogens (primary N) is 1. The van der Waals surface area contributed by atoms with E-state index in [1.807, 2.05) is 11.8 Å². The highest BCUT2D eigenvalue weighted by atomic mass is 32.1. The number of thiocarbonyl (C=S) groups is 1. The zero-order valence-electron chi connectivity index (χ0n) is 11.3. The third-order valence-electron chi connectivity index (χ3n) is 3.41. The maximum Gasteiger partial charge on any atom is 0.234 e. The molecule has 1 aliphatic rings. The lowest BCUT2D eigenvalue weighted by Crippen LogP contribution is -2.44. The Kier molecular flexibility index (Phi) is 7.20. The van der Waals surface area contributed by atoms with Gasteiger partial charge in [0.15, 0.2) is 0 Å². The summed E-state index contributed by atoms with van der Waals surface area (Å²) < 4.78 is 0. The van der Waals surface area contributed by atoms with Crippen LogP contribution in [-0.4, -0.2) is 41.5 Å². The summed E-state index contributed by atoms with van der Waals surface area (Å²) in [6.45, 7) is 3.71. The molecule has 0 saturated heterocycles. The quantitative estimate of drug-likeness (QED) is 0.567. The van der Waals surface area contributed by atoms with Crippen molar-refractivity contribution in [1.82, 2.24) is 10.2 Å². The molecule has 1 aliphatic carbocycles. The van der Waals surface area contributed by atoms with E-state index in [-0.39, 0.29) is 5.91 Å². The fraction of sp³-hybridized carbons (Fsp3) is 0.846. The molecule has 0 aliphatic heterocycles. The maximum atomic E-state index is 11.9. The van der Waals surface area contributed by atoms with Gasteiger partial charge in [0, 0.05) is 12.6 Å². The van der Waals surface area contributed by atoms with E-state index in [4.69, 9.17) is 18.0 Å². The Labute approximate surface area is 115 Å². The van der Waals surface area contributed by atoms with Gasteiger partial charge in [0.2, 0.25) is 5.91 Å². The van der Waals surface area contributed by atoms with E-state index in [0.29, 0.717) is 24.1 Å². The molecule has 1 amide bonds. The van der Waals surface area contributed by atoms with E-state index in [2.05, 4.69) is 5.32 Å². The van der Waals surface area contributed by atoms with E-state index in [1.54, 1.807) is 0 Å². The Morgan fingerprint density at radius 2 is 1.89 bits per heavy atom. The summed E-state index contributed by atoms with van der Waals surface area (Å²) in [5, 5.41) is 3.13. The minimum Gasteiger partial charge on any atom is -0.392 e. The molecule has 18 heavy (non-hydrogen) atoms. The molecule has 0 aromatic rings. The Morgan fingerprint density at radius 1 is 1.28 bits per heavy atom. The third kappa shape index (κ3) is 6.31. The van der Waals surface area contributed by atoms with Gasteiger partial charge in [-0.15, -0.1) is 0 Å². The van der Waals surface area contributed by atoms with Crippen LogP contribution in [0.1, 0.15) is 45.4 Å². The number of nitrogens with zero attached hydrogens (tertiary/aromatic N) is 1. The average Bonchev–Trinajstić information content (AvgIpc) is 2.56. The molecule has 1 rings (SSSR count). The smallest absolute Gasteiger partial charge is 0.234 e. The summed E-state index contributed by atoms with van der Waals surface area (Å²) in [6.07, 6.45) is 7.30. The van der Waals surface area contributed by atoms with Crippen LogP contribution in [-0.2, 0) is 4.79 Å². The number of nitrogens with one attached hydrogen (secondary N) is 1. The molecule has 0 heterocycles. The summed E-state index contributed by atoms with van der Waals surface area (Å²) >= 11 is 4.87. The summed E-state index contributed by atoms with van der Waals surface area (Å²) in [6, 6.07) is 0.364. The van der Waals surface area contributed by atoms with Crippen molar-refractivity contribution in [1.29, 1.82) is 0 Å². The van der Waals surface area contributed by atoms with Gasteiger partial charge in [-0.05, 0) is 19.4 Å². The minimum absolute atomic E-state index is 0.0972. The van der Waals surface area contributed by atoms with Crippen molar-refractivity contribution in [2.75, 3.05) is 19.6 Å². The molecule has 1 fully saturated rings. The van der Waals surface area contributed by atoms with Gasteiger partial charge in [-0.2, -0.15) is 0 Å². The molecule has 0 aromatic heterocycles. The molecule has 0 bridgehead atoms. The van der Waals surface area contributed by atoms with E-state index in [1.165, 1.54) is 25.7 Å². The second-order valence-electron chi connectivity index (χ2n) is 5.03.